The second-order valence-corrected chi connectivity index (χ2v) is 5.37. The minimum Gasteiger partial charge on any atom is -0.872 e. The standard InChI is InChI=1S/C15H12ClN3O3/c16-10-3-1-9(2-4-10)13-8-14(18-17-13)12-7-11(19(21)22)5-6-15(12)20/h1-7,13,17,20H,8H2/p-1/t13-/m1/s1. The van der Waals surface area contributed by atoms with Crippen LogP contribution in [-0.4, -0.2) is 10.6 Å². The summed E-state index contributed by atoms with van der Waals surface area (Å²) >= 11 is 5.86. The number of nitro groups is 1. The molecule has 1 aliphatic rings. The third-order valence-corrected chi connectivity index (χ3v) is 3.76. The minimum absolute atomic E-state index is 0.0778. The number of nitrogens with one attached hydrogen (secondary N) is 1. The molecule has 0 radical (unpaired) electrons. The molecule has 1 atom stereocenters. The summed E-state index contributed by atoms with van der Waals surface area (Å²) in [4.78, 5) is 10.3. The van der Waals surface area contributed by atoms with Crippen molar-refractivity contribution in [2.75, 3.05) is 0 Å². The molecule has 0 bridgehead atoms. The van der Waals surface area contributed by atoms with Gasteiger partial charge in [0.2, 0.25) is 0 Å². The average molecular weight is 317 g/mol. The van der Waals surface area contributed by atoms with Crippen LogP contribution >= 0.6 is 11.6 Å². The largest absolute Gasteiger partial charge is 0.872 e. The van der Waals surface area contributed by atoms with E-state index in [1.54, 1.807) is 12.1 Å². The Morgan fingerprint density at radius 1 is 1.23 bits per heavy atom. The zero-order valence-electron chi connectivity index (χ0n) is 11.3. The van der Waals surface area contributed by atoms with Crippen molar-refractivity contribution in [3.05, 3.63) is 68.7 Å². The van der Waals surface area contributed by atoms with Crippen LogP contribution in [0.5, 0.6) is 5.75 Å². The number of benzene rings is 2. The van der Waals surface area contributed by atoms with Crippen molar-refractivity contribution in [1.29, 1.82) is 0 Å². The van der Waals surface area contributed by atoms with Gasteiger partial charge in [0.05, 0.1) is 16.7 Å². The summed E-state index contributed by atoms with van der Waals surface area (Å²) in [5, 5.41) is 27.6. The second kappa shape index (κ2) is 5.65. The van der Waals surface area contributed by atoms with Crippen molar-refractivity contribution in [3.8, 4) is 5.75 Å². The molecule has 7 heteroatoms. The molecule has 0 spiro atoms. The van der Waals surface area contributed by atoms with E-state index in [2.05, 4.69) is 10.5 Å². The van der Waals surface area contributed by atoms with E-state index in [0.717, 1.165) is 5.56 Å². The molecule has 1 heterocycles. The van der Waals surface area contributed by atoms with E-state index in [0.29, 0.717) is 17.2 Å². The second-order valence-electron chi connectivity index (χ2n) is 4.93. The van der Waals surface area contributed by atoms with Gasteiger partial charge >= 0.3 is 0 Å². The summed E-state index contributed by atoms with van der Waals surface area (Å²) < 4.78 is 0. The number of hydrogen-bond acceptors (Lipinski definition) is 5. The molecule has 112 valence electrons. The van der Waals surface area contributed by atoms with Crippen LogP contribution < -0.4 is 10.5 Å². The lowest BCUT2D eigenvalue weighted by atomic mass is 9.98. The van der Waals surface area contributed by atoms with E-state index >= 15 is 0 Å². The van der Waals surface area contributed by atoms with Gasteiger partial charge in [-0.1, -0.05) is 35.5 Å². The van der Waals surface area contributed by atoms with E-state index in [9.17, 15) is 15.2 Å². The Balaban J connectivity index is 1.84. The molecule has 0 unspecified atom stereocenters. The number of nitro benzene ring substituents is 1. The highest BCUT2D eigenvalue weighted by molar-refractivity contribution is 6.30. The van der Waals surface area contributed by atoms with Gasteiger partial charge in [0.15, 0.2) is 0 Å². The quantitative estimate of drug-likeness (QED) is 0.696. The molecule has 0 aliphatic carbocycles. The average Bonchev–Trinajstić information content (AvgIpc) is 2.98. The van der Waals surface area contributed by atoms with Crippen molar-refractivity contribution in [1.82, 2.24) is 5.43 Å². The summed E-state index contributed by atoms with van der Waals surface area (Å²) in [5.41, 5.74) is 4.61. The highest BCUT2D eigenvalue weighted by Gasteiger charge is 2.22. The third kappa shape index (κ3) is 2.73. The Morgan fingerprint density at radius 2 is 1.95 bits per heavy atom. The zero-order valence-corrected chi connectivity index (χ0v) is 12.1. The topological polar surface area (TPSA) is 90.6 Å². The Kier molecular flexibility index (Phi) is 3.68. The molecule has 0 saturated heterocycles. The van der Waals surface area contributed by atoms with Gasteiger partial charge in [-0.2, -0.15) is 5.10 Å². The van der Waals surface area contributed by atoms with Gasteiger partial charge in [0, 0.05) is 23.6 Å². The van der Waals surface area contributed by atoms with Gasteiger partial charge in [0.1, 0.15) is 0 Å². The normalized spacial score (nSPS) is 17.0. The first-order valence-electron chi connectivity index (χ1n) is 6.58. The Hall–Kier alpha value is -2.60. The summed E-state index contributed by atoms with van der Waals surface area (Å²) in [6, 6.07) is 10.9. The van der Waals surface area contributed by atoms with Crippen molar-refractivity contribution in [2.45, 2.75) is 12.5 Å². The van der Waals surface area contributed by atoms with Crippen LogP contribution in [0.25, 0.3) is 0 Å². The molecule has 2 aromatic carbocycles. The van der Waals surface area contributed by atoms with Crippen LogP contribution in [0.3, 0.4) is 0 Å². The summed E-state index contributed by atoms with van der Waals surface area (Å²) in [5.74, 6) is -0.275. The maximum atomic E-state index is 11.9. The lowest BCUT2D eigenvalue weighted by Gasteiger charge is -2.13. The smallest absolute Gasteiger partial charge is 0.270 e. The molecule has 0 saturated carbocycles. The van der Waals surface area contributed by atoms with Crippen molar-refractivity contribution in [2.24, 2.45) is 5.10 Å². The van der Waals surface area contributed by atoms with Crippen molar-refractivity contribution in [3.63, 3.8) is 0 Å². The van der Waals surface area contributed by atoms with Crippen LogP contribution in [0.4, 0.5) is 5.69 Å². The minimum atomic E-state index is -0.525. The van der Waals surface area contributed by atoms with Gasteiger partial charge in [-0.3, -0.25) is 10.1 Å². The first-order valence-corrected chi connectivity index (χ1v) is 6.96. The van der Waals surface area contributed by atoms with Crippen LogP contribution in [0.1, 0.15) is 23.6 Å². The fourth-order valence-corrected chi connectivity index (χ4v) is 2.48. The molecule has 1 N–H and O–H groups in total. The monoisotopic (exact) mass is 316 g/mol. The molecule has 3 rings (SSSR count). The number of hydrogen-bond donors (Lipinski definition) is 1. The van der Waals surface area contributed by atoms with Gasteiger partial charge in [0.25, 0.3) is 5.69 Å². The van der Waals surface area contributed by atoms with Crippen molar-refractivity contribution < 1.29 is 10.0 Å². The third-order valence-electron chi connectivity index (χ3n) is 3.51. The van der Waals surface area contributed by atoms with Crippen molar-refractivity contribution >= 4 is 23.0 Å². The van der Waals surface area contributed by atoms with Gasteiger partial charge in [-0.25, -0.2) is 0 Å². The lowest BCUT2D eigenvalue weighted by Crippen LogP contribution is -2.10. The van der Waals surface area contributed by atoms with Gasteiger partial charge in [-0.15, -0.1) is 0 Å². The molecule has 0 aromatic heterocycles. The van der Waals surface area contributed by atoms with Gasteiger partial charge < -0.3 is 10.5 Å². The Morgan fingerprint density at radius 3 is 2.64 bits per heavy atom. The van der Waals surface area contributed by atoms with Crippen LogP contribution in [0.2, 0.25) is 5.02 Å². The molecule has 0 amide bonds. The number of non-ortho nitro benzene ring substituents is 1. The SMILES string of the molecule is O=[N+]([O-])c1ccc([O-])c(C2=NN[C@@H](c3ccc(Cl)cc3)C2)c1. The summed E-state index contributed by atoms with van der Waals surface area (Å²) in [6.45, 7) is 0. The first kappa shape index (κ1) is 14.3. The zero-order chi connectivity index (χ0) is 15.7. The van der Waals surface area contributed by atoms with E-state index in [4.69, 9.17) is 11.6 Å². The Bertz CT molecular complexity index is 759. The molecule has 0 fully saturated rings. The lowest BCUT2D eigenvalue weighted by molar-refractivity contribution is -0.385. The number of hydrazone groups is 1. The molecule has 1 aliphatic heterocycles. The number of rotatable bonds is 3. The fraction of sp³-hybridized carbons (Fsp3) is 0.133. The van der Waals surface area contributed by atoms with Crippen LogP contribution in [-0.2, 0) is 0 Å². The number of nitrogens with zero attached hydrogens (tertiary/aromatic N) is 2. The van der Waals surface area contributed by atoms with Crippen LogP contribution in [0, 0.1) is 10.1 Å². The molecular weight excluding hydrogens is 306 g/mol. The van der Waals surface area contributed by atoms with Gasteiger partial charge in [-0.05, 0) is 23.3 Å². The maximum Gasteiger partial charge on any atom is 0.270 e. The van der Waals surface area contributed by atoms with E-state index in [1.165, 1.54) is 18.2 Å². The van der Waals surface area contributed by atoms with Crippen LogP contribution in [0.15, 0.2) is 47.6 Å². The predicted molar refractivity (Wildman–Crippen MR) is 81.0 cm³/mol. The first-order chi connectivity index (χ1) is 10.5. The maximum absolute atomic E-state index is 11.9. The molecule has 2 aromatic rings. The fourth-order valence-electron chi connectivity index (χ4n) is 2.36. The highest BCUT2D eigenvalue weighted by atomic mass is 35.5. The number of halogens is 1. The van der Waals surface area contributed by atoms with E-state index in [-0.39, 0.29) is 23.0 Å². The van der Waals surface area contributed by atoms with E-state index in [1.807, 2.05) is 12.1 Å². The predicted octanol–water partition coefficient (Wildman–Crippen LogP) is 2.76. The summed E-state index contributed by atoms with van der Waals surface area (Å²) in [6.07, 6.45) is 0.484. The molecule has 22 heavy (non-hydrogen) atoms. The summed E-state index contributed by atoms with van der Waals surface area (Å²) in [7, 11) is 0. The Labute approximate surface area is 131 Å². The molecule has 6 nitrogen and oxygen atoms in total. The van der Waals surface area contributed by atoms with E-state index < -0.39 is 4.92 Å². The highest BCUT2D eigenvalue weighted by Crippen LogP contribution is 2.29. The molecular formula is C15H11ClN3O3-.